The molecule has 0 amide bonds. The molecule has 1 nitrogen and oxygen atoms in total. The standard InChI is InChI=1S/C11H16O/c1-3-12-10(2)9-11-7-5-4-6-8-11/h4-8,10H,3,9H2,1-2H3/t10-/m1/s1. The van der Waals surface area contributed by atoms with Crippen LogP contribution in [0.25, 0.3) is 0 Å². The van der Waals surface area contributed by atoms with E-state index in [9.17, 15) is 0 Å². The van der Waals surface area contributed by atoms with Crippen LogP contribution < -0.4 is 0 Å². The van der Waals surface area contributed by atoms with Crippen molar-refractivity contribution in [2.45, 2.75) is 26.4 Å². The molecule has 0 saturated heterocycles. The molecule has 1 rings (SSSR count). The third-order valence-electron chi connectivity index (χ3n) is 1.82. The summed E-state index contributed by atoms with van der Waals surface area (Å²) in [5.41, 5.74) is 1.35. The second-order valence-electron chi connectivity index (χ2n) is 2.96. The zero-order valence-electron chi connectivity index (χ0n) is 7.79. The molecule has 0 aromatic heterocycles. The topological polar surface area (TPSA) is 9.23 Å². The minimum absolute atomic E-state index is 0.331. The number of rotatable bonds is 4. The molecular formula is C11H16O. The molecule has 0 aliphatic heterocycles. The van der Waals surface area contributed by atoms with E-state index in [0.717, 1.165) is 13.0 Å². The monoisotopic (exact) mass is 164 g/mol. The van der Waals surface area contributed by atoms with Crippen molar-refractivity contribution in [3.8, 4) is 0 Å². The van der Waals surface area contributed by atoms with Crippen LogP contribution in [0.4, 0.5) is 0 Å². The van der Waals surface area contributed by atoms with Crippen LogP contribution >= 0.6 is 0 Å². The van der Waals surface area contributed by atoms with Crippen molar-refractivity contribution in [1.82, 2.24) is 0 Å². The summed E-state index contributed by atoms with van der Waals surface area (Å²) in [5, 5.41) is 0. The molecule has 0 bridgehead atoms. The Morgan fingerprint density at radius 3 is 2.50 bits per heavy atom. The van der Waals surface area contributed by atoms with Gasteiger partial charge in [-0.2, -0.15) is 0 Å². The molecule has 0 aliphatic carbocycles. The smallest absolute Gasteiger partial charge is 0.0587 e. The molecule has 0 saturated carbocycles. The highest BCUT2D eigenvalue weighted by Crippen LogP contribution is 2.04. The molecule has 0 N–H and O–H groups in total. The molecular weight excluding hydrogens is 148 g/mol. The van der Waals surface area contributed by atoms with E-state index in [-0.39, 0.29) is 0 Å². The van der Waals surface area contributed by atoms with Gasteiger partial charge in [-0.25, -0.2) is 0 Å². The summed E-state index contributed by atoms with van der Waals surface area (Å²) in [5.74, 6) is 0. The van der Waals surface area contributed by atoms with Gasteiger partial charge in [-0.05, 0) is 25.8 Å². The van der Waals surface area contributed by atoms with Gasteiger partial charge in [-0.3, -0.25) is 0 Å². The average Bonchev–Trinajstić information content (AvgIpc) is 2.06. The first kappa shape index (κ1) is 9.27. The van der Waals surface area contributed by atoms with E-state index in [1.807, 2.05) is 13.0 Å². The molecule has 1 heteroatoms. The van der Waals surface area contributed by atoms with Crippen LogP contribution in [-0.2, 0) is 11.2 Å². The summed E-state index contributed by atoms with van der Waals surface area (Å²) in [4.78, 5) is 0. The van der Waals surface area contributed by atoms with Crippen LogP contribution in [0.1, 0.15) is 19.4 Å². The predicted octanol–water partition coefficient (Wildman–Crippen LogP) is 2.65. The SMILES string of the molecule is CCO[C@H](C)Cc1ccccc1. The van der Waals surface area contributed by atoms with Gasteiger partial charge in [0.15, 0.2) is 0 Å². The highest BCUT2D eigenvalue weighted by Gasteiger charge is 2.00. The second-order valence-corrected chi connectivity index (χ2v) is 2.96. The summed E-state index contributed by atoms with van der Waals surface area (Å²) >= 11 is 0. The number of hydrogen-bond donors (Lipinski definition) is 0. The Hall–Kier alpha value is -0.820. The molecule has 0 aliphatic rings. The van der Waals surface area contributed by atoms with Crippen molar-refractivity contribution < 1.29 is 4.74 Å². The molecule has 12 heavy (non-hydrogen) atoms. The lowest BCUT2D eigenvalue weighted by Crippen LogP contribution is -2.10. The van der Waals surface area contributed by atoms with Crippen LogP contribution in [0, 0.1) is 0 Å². The Kier molecular flexibility index (Phi) is 3.81. The van der Waals surface area contributed by atoms with E-state index in [2.05, 4.69) is 31.2 Å². The Bertz CT molecular complexity index is 206. The van der Waals surface area contributed by atoms with E-state index in [4.69, 9.17) is 4.74 Å². The number of ether oxygens (including phenoxy) is 1. The number of hydrogen-bond acceptors (Lipinski definition) is 1. The maximum Gasteiger partial charge on any atom is 0.0587 e. The van der Waals surface area contributed by atoms with Crippen LogP contribution in [-0.4, -0.2) is 12.7 Å². The van der Waals surface area contributed by atoms with Crippen molar-refractivity contribution in [2.24, 2.45) is 0 Å². The minimum Gasteiger partial charge on any atom is -0.378 e. The van der Waals surface area contributed by atoms with Gasteiger partial charge in [0.1, 0.15) is 0 Å². The fourth-order valence-electron chi connectivity index (χ4n) is 1.29. The van der Waals surface area contributed by atoms with Crippen molar-refractivity contribution in [2.75, 3.05) is 6.61 Å². The van der Waals surface area contributed by atoms with Gasteiger partial charge in [0.25, 0.3) is 0 Å². The van der Waals surface area contributed by atoms with E-state index < -0.39 is 0 Å². The third kappa shape index (κ3) is 3.05. The summed E-state index contributed by atoms with van der Waals surface area (Å²) in [6, 6.07) is 10.4. The minimum atomic E-state index is 0.331. The lowest BCUT2D eigenvalue weighted by atomic mass is 10.1. The second kappa shape index (κ2) is 4.94. The van der Waals surface area contributed by atoms with Gasteiger partial charge in [0.05, 0.1) is 6.10 Å². The first-order chi connectivity index (χ1) is 5.83. The Labute approximate surface area is 74.4 Å². The summed E-state index contributed by atoms with van der Waals surface area (Å²) in [7, 11) is 0. The lowest BCUT2D eigenvalue weighted by molar-refractivity contribution is 0.0768. The zero-order chi connectivity index (χ0) is 8.81. The van der Waals surface area contributed by atoms with Crippen molar-refractivity contribution in [3.63, 3.8) is 0 Å². The zero-order valence-corrected chi connectivity index (χ0v) is 7.79. The van der Waals surface area contributed by atoms with E-state index in [1.165, 1.54) is 5.56 Å². The first-order valence-electron chi connectivity index (χ1n) is 4.48. The van der Waals surface area contributed by atoms with E-state index in [1.54, 1.807) is 0 Å². The third-order valence-corrected chi connectivity index (χ3v) is 1.82. The van der Waals surface area contributed by atoms with Crippen molar-refractivity contribution in [3.05, 3.63) is 35.9 Å². The molecule has 0 radical (unpaired) electrons. The molecule has 1 aromatic carbocycles. The summed E-state index contributed by atoms with van der Waals surface area (Å²) in [6.45, 7) is 4.94. The Morgan fingerprint density at radius 2 is 1.92 bits per heavy atom. The molecule has 1 atom stereocenters. The van der Waals surface area contributed by atoms with Crippen LogP contribution in [0.5, 0.6) is 0 Å². The van der Waals surface area contributed by atoms with Crippen LogP contribution in [0.15, 0.2) is 30.3 Å². The van der Waals surface area contributed by atoms with Crippen molar-refractivity contribution >= 4 is 0 Å². The maximum absolute atomic E-state index is 5.45. The highest BCUT2D eigenvalue weighted by molar-refractivity contribution is 5.15. The quantitative estimate of drug-likeness (QED) is 0.664. The van der Waals surface area contributed by atoms with Gasteiger partial charge in [-0.1, -0.05) is 30.3 Å². The fourth-order valence-corrected chi connectivity index (χ4v) is 1.29. The van der Waals surface area contributed by atoms with Gasteiger partial charge in [0.2, 0.25) is 0 Å². The Morgan fingerprint density at radius 1 is 1.25 bits per heavy atom. The molecule has 0 fully saturated rings. The highest BCUT2D eigenvalue weighted by atomic mass is 16.5. The largest absolute Gasteiger partial charge is 0.378 e. The van der Waals surface area contributed by atoms with E-state index >= 15 is 0 Å². The van der Waals surface area contributed by atoms with Gasteiger partial charge >= 0.3 is 0 Å². The first-order valence-corrected chi connectivity index (χ1v) is 4.48. The maximum atomic E-state index is 5.45. The molecule has 66 valence electrons. The van der Waals surface area contributed by atoms with E-state index in [0.29, 0.717) is 6.10 Å². The van der Waals surface area contributed by atoms with Gasteiger partial charge in [0, 0.05) is 6.61 Å². The number of benzene rings is 1. The molecule has 1 aromatic rings. The molecule has 0 unspecified atom stereocenters. The summed E-state index contributed by atoms with van der Waals surface area (Å²) in [6.07, 6.45) is 1.34. The Balaban J connectivity index is 2.41. The van der Waals surface area contributed by atoms with Crippen LogP contribution in [0.3, 0.4) is 0 Å². The molecule has 0 spiro atoms. The molecule has 0 heterocycles. The fraction of sp³-hybridized carbons (Fsp3) is 0.455. The van der Waals surface area contributed by atoms with Gasteiger partial charge < -0.3 is 4.74 Å². The van der Waals surface area contributed by atoms with Crippen molar-refractivity contribution in [1.29, 1.82) is 0 Å². The van der Waals surface area contributed by atoms with Crippen LogP contribution in [0.2, 0.25) is 0 Å². The normalized spacial score (nSPS) is 12.8. The summed E-state index contributed by atoms with van der Waals surface area (Å²) < 4.78 is 5.45. The van der Waals surface area contributed by atoms with Gasteiger partial charge in [-0.15, -0.1) is 0 Å². The lowest BCUT2D eigenvalue weighted by Gasteiger charge is -2.10. The predicted molar refractivity (Wildman–Crippen MR) is 51.2 cm³/mol. The average molecular weight is 164 g/mol.